The van der Waals surface area contributed by atoms with Crippen LogP contribution in [0.1, 0.15) is 5.76 Å². The van der Waals surface area contributed by atoms with E-state index < -0.39 is 0 Å². The number of benzene rings is 1. The van der Waals surface area contributed by atoms with Crippen molar-refractivity contribution in [1.82, 2.24) is 5.32 Å². The molecule has 2 nitrogen and oxygen atoms in total. The lowest BCUT2D eigenvalue weighted by Gasteiger charge is -1.98. The van der Waals surface area contributed by atoms with Crippen molar-refractivity contribution in [1.29, 1.82) is 0 Å². The van der Waals surface area contributed by atoms with Gasteiger partial charge in [-0.2, -0.15) is 0 Å². The Morgan fingerprint density at radius 1 is 1.20 bits per heavy atom. The maximum atomic E-state index is 13.4. The predicted octanol–water partition coefficient (Wildman–Crippen LogP) is 2.81. The highest BCUT2D eigenvalue weighted by Gasteiger charge is 2.08. The van der Waals surface area contributed by atoms with Crippen molar-refractivity contribution in [2.75, 3.05) is 7.05 Å². The maximum absolute atomic E-state index is 13.4. The molecule has 0 unspecified atom stereocenters. The molecule has 0 spiro atoms. The van der Waals surface area contributed by atoms with Crippen LogP contribution < -0.4 is 5.32 Å². The fourth-order valence-corrected chi connectivity index (χ4v) is 1.45. The molecule has 0 aliphatic rings. The second-order valence-corrected chi connectivity index (χ2v) is 3.28. The minimum Gasteiger partial charge on any atom is -0.460 e. The molecule has 0 radical (unpaired) electrons. The number of rotatable bonds is 3. The second kappa shape index (κ2) is 4.28. The first kappa shape index (κ1) is 9.93. The molecule has 0 aliphatic carbocycles. The van der Waals surface area contributed by atoms with Crippen molar-refractivity contribution < 1.29 is 8.81 Å². The summed E-state index contributed by atoms with van der Waals surface area (Å²) >= 11 is 0. The summed E-state index contributed by atoms with van der Waals surface area (Å²) in [4.78, 5) is 0. The molecule has 0 saturated carbocycles. The highest BCUT2D eigenvalue weighted by atomic mass is 19.1. The van der Waals surface area contributed by atoms with Gasteiger partial charge in [0.05, 0.1) is 12.1 Å². The molecular weight excluding hydrogens is 193 g/mol. The molecule has 0 bridgehead atoms. The van der Waals surface area contributed by atoms with E-state index >= 15 is 0 Å². The van der Waals surface area contributed by atoms with Gasteiger partial charge in [0.1, 0.15) is 17.3 Å². The Hall–Kier alpha value is -1.61. The summed E-state index contributed by atoms with van der Waals surface area (Å²) in [6, 6.07) is 10.2. The molecule has 0 saturated heterocycles. The first-order valence-electron chi connectivity index (χ1n) is 4.79. The summed E-state index contributed by atoms with van der Waals surface area (Å²) in [5.41, 5.74) is 0.500. The Labute approximate surface area is 87.7 Å². The van der Waals surface area contributed by atoms with Crippen molar-refractivity contribution in [2.45, 2.75) is 6.54 Å². The van der Waals surface area contributed by atoms with Gasteiger partial charge in [-0.3, -0.25) is 0 Å². The van der Waals surface area contributed by atoms with Crippen LogP contribution in [0.3, 0.4) is 0 Å². The Morgan fingerprint density at radius 3 is 2.73 bits per heavy atom. The summed E-state index contributed by atoms with van der Waals surface area (Å²) in [6.07, 6.45) is 0. The van der Waals surface area contributed by atoms with Gasteiger partial charge in [0.15, 0.2) is 0 Å². The van der Waals surface area contributed by atoms with Crippen LogP contribution in [0.25, 0.3) is 11.3 Å². The van der Waals surface area contributed by atoms with Gasteiger partial charge in [-0.05, 0) is 31.3 Å². The van der Waals surface area contributed by atoms with Crippen molar-refractivity contribution >= 4 is 0 Å². The SMILES string of the molecule is CNCc1ccc(-c2ccccc2F)o1. The van der Waals surface area contributed by atoms with E-state index in [2.05, 4.69) is 5.32 Å². The van der Waals surface area contributed by atoms with Crippen LogP contribution >= 0.6 is 0 Å². The quantitative estimate of drug-likeness (QED) is 0.833. The van der Waals surface area contributed by atoms with Crippen LogP contribution in [0.5, 0.6) is 0 Å². The van der Waals surface area contributed by atoms with E-state index in [4.69, 9.17) is 4.42 Å². The van der Waals surface area contributed by atoms with Gasteiger partial charge in [0.2, 0.25) is 0 Å². The molecular formula is C12H12FNO. The third kappa shape index (κ3) is 2.07. The van der Waals surface area contributed by atoms with E-state index in [1.165, 1.54) is 6.07 Å². The van der Waals surface area contributed by atoms with E-state index in [9.17, 15) is 4.39 Å². The topological polar surface area (TPSA) is 25.2 Å². The largest absolute Gasteiger partial charge is 0.460 e. The van der Waals surface area contributed by atoms with Crippen LogP contribution in [0, 0.1) is 5.82 Å². The average Bonchev–Trinajstić information content (AvgIpc) is 2.68. The lowest BCUT2D eigenvalue weighted by atomic mass is 10.1. The van der Waals surface area contributed by atoms with Crippen LogP contribution in [0.15, 0.2) is 40.8 Å². The van der Waals surface area contributed by atoms with E-state index in [-0.39, 0.29) is 5.82 Å². The molecule has 2 aromatic rings. The molecule has 0 aliphatic heterocycles. The van der Waals surface area contributed by atoms with E-state index in [1.807, 2.05) is 13.1 Å². The molecule has 1 N–H and O–H groups in total. The zero-order valence-electron chi connectivity index (χ0n) is 8.46. The summed E-state index contributed by atoms with van der Waals surface area (Å²) in [5.74, 6) is 1.11. The summed E-state index contributed by atoms with van der Waals surface area (Å²) < 4.78 is 18.9. The van der Waals surface area contributed by atoms with E-state index in [0.29, 0.717) is 17.9 Å². The van der Waals surface area contributed by atoms with Gasteiger partial charge in [0, 0.05) is 0 Å². The maximum Gasteiger partial charge on any atom is 0.137 e. The summed E-state index contributed by atoms with van der Waals surface area (Å²) in [5, 5.41) is 2.98. The van der Waals surface area contributed by atoms with Crippen molar-refractivity contribution in [3.05, 3.63) is 48.0 Å². The minimum atomic E-state index is -0.261. The third-order valence-corrected chi connectivity index (χ3v) is 2.15. The first-order valence-corrected chi connectivity index (χ1v) is 4.79. The second-order valence-electron chi connectivity index (χ2n) is 3.28. The van der Waals surface area contributed by atoms with Gasteiger partial charge in [0.25, 0.3) is 0 Å². The van der Waals surface area contributed by atoms with Crippen LogP contribution in [-0.2, 0) is 6.54 Å². The van der Waals surface area contributed by atoms with Crippen LogP contribution in [0.2, 0.25) is 0 Å². The smallest absolute Gasteiger partial charge is 0.137 e. The average molecular weight is 205 g/mol. The molecule has 0 atom stereocenters. The van der Waals surface area contributed by atoms with Crippen molar-refractivity contribution in [3.63, 3.8) is 0 Å². The van der Waals surface area contributed by atoms with Gasteiger partial charge >= 0.3 is 0 Å². The molecule has 3 heteroatoms. The highest BCUT2D eigenvalue weighted by molar-refractivity contribution is 5.58. The number of hydrogen-bond acceptors (Lipinski definition) is 2. The van der Waals surface area contributed by atoms with Gasteiger partial charge in [-0.1, -0.05) is 12.1 Å². The highest BCUT2D eigenvalue weighted by Crippen LogP contribution is 2.24. The Balaban J connectivity index is 2.33. The lowest BCUT2D eigenvalue weighted by Crippen LogP contribution is -2.03. The molecule has 2 rings (SSSR count). The number of furan rings is 1. The normalized spacial score (nSPS) is 10.5. The number of halogens is 1. The van der Waals surface area contributed by atoms with Crippen molar-refractivity contribution in [3.8, 4) is 11.3 Å². The number of hydrogen-bond donors (Lipinski definition) is 1. The molecule has 0 fully saturated rings. The van der Waals surface area contributed by atoms with Crippen LogP contribution in [0.4, 0.5) is 4.39 Å². The monoisotopic (exact) mass is 205 g/mol. The molecule has 1 aromatic carbocycles. The van der Waals surface area contributed by atoms with Crippen LogP contribution in [-0.4, -0.2) is 7.05 Å². The minimum absolute atomic E-state index is 0.261. The molecule has 1 heterocycles. The fourth-order valence-electron chi connectivity index (χ4n) is 1.45. The predicted molar refractivity (Wildman–Crippen MR) is 56.9 cm³/mol. The zero-order chi connectivity index (χ0) is 10.7. The number of nitrogens with one attached hydrogen (secondary N) is 1. The molecule has 0 amide bonds. The lowest BCUT2D eigenvalue weighted by molar-refractivity contribution is 0.503. The van der Waals surface area contributed by atoms with Gasteiger partial charge < -0.3 is 9.73 Å². The molecule has 78 valence electrons. The van der Waals surface area contributed by atoms with E-state index in [1.54, 1.807) is 24.3 Å². The fraction of sp³-hybridized carbons (Fsp3) is 0.167. The Kier molecular flexibility index (Phi) is 2.83. The molecule has 1 aromatic heterocycles. The Bertz CT molecular complexity index is 450. The third-order valence-electron chi connectivity index (χ3n) is 2.15. The van der Waals surface area contributed by atoms with Gasteiger partial charge in [-0.25, -0.2) is 4.39 Å². The zero-order valence-corrected chi connectivity index (χ0v) is 8.46. The summed E-state index contributed by atoms with van der Waals surface area (Å²) in [6.45, 7) is 0.647. The standard InChI is InChI=1S/C12H12FNO/c1-14-8-9-6-7-12(15-9)10-4-2-3-5-11(10)13/h2-7,14H,8H2,1H3. The first-order chi connectivity index (χ1) is 7.31. The summed E-state index contributed by atoms with van der Waals surface area (Å²) in [7, 11) is 1.84. The van der Waals surface area contributed by atoms with Gasteiger partial charge in [-0.15, -0.1) is 0 Å². The van der Waals surface area contributed by atoms with E-state index in [0.717, 1.165) is 5.76 Å². The Morgan fingerprint density at radius 2 is 2.00 bits per heavy atom. The molecule has 15 heavy (non-hydrogen) atoms. The van der Waals surface area contributed by atoms with Crippen molar-refractivity contribution in [2.24, 2.45) is 0 Å².